The molecule has 1 aromatic carbocycles. The lowest BCUT2D eigenvalue weighted by molar-refractivity contribution is -0.107. The van der Waals surface area contributed by atoms with E-state index >= 15 is 0 Å². The van der Waals surface area contributed by atoms with E-state index in [4.69, 9.17) is 0 Å². The number of fused-ring (bicyclic) bond motifs is 1. The smallest absolute Gasteiger partial charge is 0.124 e. The van der Waals surface area contributed by atoms with Gasteiger partial charge in [-0.1, -0.05) is 12.1 Å². The number of aryl methyl sites for hydroxylation is 1. The normalized spacial score (nSPS) is 10.5. The molecular formula is C11H10OS. The number of carbonyl (C=O) groups is 1. The van der Waals surface area contributed by atoms with Gasteiger partial charge >= 0.3 is 0 Å². The average Bonchev–Trinajstić information content (AvgIpc) is 2.44. The molecule has 0 saturated heterocycles. The summed E-state index contributed by atoms with van der Waals surface area (Å²) in [7, 11) is 0. The highest BCUT2D eigenvalue weighted by atomic mass is 32.1. The van der Waals surface area contributed by atoms with Crippen molar-refractivity contribution >= 4 is 27.7 Å². The van der Waals surface area contributed by atoms with E-state index in [0.29, 0.717) is 6.42 Å². The zero-order valence-corrected chi connectivity index (χ0v) is 8.23. The highest BCUT2D eigenvalue weighted by Crippen LogP contribution is 2.25. The van der Waals surface area contributed by atoms with Crippen LogP contribution in [0.1, 0.15) is 10.4 Å². The standard InChI is InChI=1S/C11H10OS/c1-8-6-10-3-2-9(4-5-12)7-11(10)13-8/h2-3,5-7H,4H2,1H3. The van der Waals surface area contributed by atoms with Crippen molar-refractivity contribution in [3.63, 3.8) is 0 Å². The maximum Gasteiger partial charge on any atom is 0.124 e. The Labute approximate surface area is 81.0 Å². The lowest BCUT2D eigenvalue weighted by Crippen LogP contribution is -1.83. The SMILES string of the molecule is Cc1cc2ccc(CC=O)cc2s1. The first-order valence-electron chi connectivity index (χ1n) is 4.22. The van der Waals surface area contributed by atoms with Crippen LogP contribution in [0.4, 0.5) is 0 Å². The summed E-state index contributed by atoms with van der Waals surface area (Å²) in [6.07, 6.45) is 1.47. The summed E-state index contributed by atoms with van der Waals surface area (Å²) in [5.41, 5.74) is 1.10. The second-order valence-electron chi connectivity index (χ2n) is 3.10. The first kappa shape index (κ1) is 8.45. The van der Waals surface area contributed by atoms with Crippen LogP contribution in [0.2, 0.25) is 0 Å². The van der Waals surface area contributed by atoms with E-state index < -0.39 is 0 Å². The van der Waals surface area contributed by atoms with Gasteiger partial charge in [-0.15, -0.1) is 11.3 Å². The molecule has 2 aromatic rings. The molecule has 1 nitrogen and oxygen atoms in total. The highest BCUT2D eigenvalue weighted by molar-refractivity contribution is 7.19. The van der Waals surface area contributed by atoms with Gasteiger partial charge in [-0.3, -0.25) is 0 Å². The van der Waals surface area contributed by atoms with Crippen LogP contribution in [-0.2, 0) is 11.2 Å². The number of hydrogen-bond acceptors (Lipinski definition) is 2. The third kappa shape index (κ3) is 1.63. The van der Waals surface area contributed by atoms with E-state index in [1.165, 1.54) is 15.0 Å². The molecule has 0 amide bonds. The Morgan fingerprint density at radius 1 is 1.38 bits per heavy atom. The Morgan fingerprint density at radius 3 is 3.00 bits per heavy atom. The molecule has 13 heavy (non-hydrogen) atoms. The van der Waals surface area contributed by atoms with Gasteiger partial charge in [-0.2, -0.15) is 0 Å². The third-order valence-electron chi connectivity index (χ3n) is 2.03. The molecule has 0 aliphatic heterocycles. The zero-order valence-electron chi connectivity index (χ0n) is 7.41. The summed E-state index contributed by atoms with van der Waals surface area (Å²) in [5, 5.41) is 1.28. The van der Waals surface area contributed by atoms with Gasteiger partial charge in [0.2, 0.25) is 0 Å². The van der Waals surface area contributed by atoms with Gasteiger partial charge in [0.1, 0.15) is 6.29 Å². The van der Waals surface area contributed by atoms with Crippen LogP contribution in [0.3, 0.4) is 0 Å². The zero-order chi connectivity index (χ0) is 9.26. The van der Waals surface area contributed by atoms with Crippen LogP contribution in [0.25, 0.3) is 10.1 Å². The van der Waals surface area contributed by atoms with Crippen molar-refractivity contribution in [1.29, 1.82) is 0 Å². The number of aldehydes is 1. The fraction of sp³-hybridized carbons (Fsp3) is 0.182. The topological polar surface area (TPSA) is 17.1 Å². The molecule has 0 saturated carbocycles. The molecule has 0 fully saturated rings. The minimum atomic E-state index is 0.521. The molecule has 0 unspecified atom stereocenters. The quantitative estimate of drug-likeness (QED) is 0.665. The van der Waals surface area contributed by atoms with Crippen molar-refractivity contribution in [2.75, 3.05) is 0 Å². The average molecular weight is 190 g/mol. The fourth-order valence-corrected chi connectivity index (χ4v) is 2.42. The van der Waals surface area contributed by atoms with Crippen LogP contribution in [-0.4, -0.2) is 6.29 Å². The van der Waals surface area contributed by atoms with Gasteiger partial charge in [0.15, 0.2) is 0 Å². The van der Waals surface area contributed by atoms with Crippen molar-refractivity contribution in [2.24, 2.45) is 0 Å². The van der Waals surface area contributed by atoms with Gasteiger partial charge in [0.25, 0.3) is 0 Å². The molecular weight excluding hydrogens is 180 g/mol. The van der Waals surface area contributed by atoms with E-state index in [9.17, 15) is 4.79 Å². The minimum Gasteiger partial charge on any atom is -0.303 e. The first-order chi connectivity index (χ1) is 6.29. The molecule has 0 aliphatic carbocycles. The van der Waals surface area contributed by atoms with E-state index in [1.54, 1.807) is 11.3 Å². The molecule has 0 atom stereocenters. The monoisotopic (exact) mass is 190 g/mol. The van der Waals surface area contributed by atoms with Gasteiger partial charge in [0, 0.05) is 16.0 Å². The Morgan fingerprint density at radius 2 is 2.23 bits per heavy atom. The van der Waals surface area contributed by atoms with Gasteiger partial charge in [0.05, 0.1) is 0 Å². The second-order valence-corrected chi connectivity index (χ2v) is 4.39. The number of rotatable bonds is 2. The molecule has 1 aromatic heterocycles. The minimum absolute atomic E-state index is 0.521. The predicted molar refractivity (Wildman–Crippen MR) is 56.3 cm³/mol. The van der Waals surface area contributed by atoms with Crippen LogP contribution in [0, 0.1) is 6.92 Å². The molecule has 1 heterocycles. The molecule has 66 valence electrons. The van der Waals surface area contributed by atoms with Crippen LogP contribution < -0.4 is 0 Å². The summed E-state index contributed by atoms with van der Waals surface area (Å²) < 4.78 is 1.27. The molecule has 0 N–H and O–H groups in total. The Bertz CT molecular complexity index is 442. The van der Waals surface area contributed by atoms with Gasteiger partial charge < -0.3 is 4.79 Å². The summed E-state index contributed by atoms with van der Waals surface area (Å²) >= 11 is 1.78. The lowest BCUT2D eigenvalue weighted by Gasteiger charge is -1.94. The molecule has 2 rings (SSSR count). The maximum absolute atomic E-state index is 10.3. The van der Waals surface area contributed by atoms with Crippen molar-refractivity contribution in [3.8, 4) is 0 Å². The Hall–Kier alpha value is -1.15. The number of hydrogen-bond donors (Lipinski definition) is 0. The van der Waals surface area contributed by atoms with Gasteiger partial charge in [-0.25, -0.2) is 0 Å². The Balaban J connectivity index is 2.54. The van der Waals surface area contributed by atoms with E-state index in [2.05, 4.69) is 25.1 Å². The van der Waals surface area contributed by atoms with E-state index in [0.717, 1.165) is 11.8 Å². The third-order valence-corrected chi connectivity index (χ3v) is 3.04. The van der Waals surface area contributed by atoms with E-state index in [1.807, 2.05) is 6.07 Å². The molecule has 0 aliphatic rings. The second kappa shape index (κ2) is 3.30. The number of carbonyl (C=O) groups excluding carboxylic acids is 1. The Kier molecular flexibility index (Phi) is 2.15. The van der Waals surface area contributed by atoms with Crippen LogP contribution >= 0.6 is 11.3 Å². The summed E-state index contributed by atoms with van der Waals surface area (Å²) in [5.74, 6) is 0. The van der Waals surface area contributed by atoms with E-state index in [-0.39, 0.29) is 0 Å². The maximum atomic E-state index is 10.3. The summed E-state index contributed by atoms with van der Waals surface area (Å²) in [4.78, 5) is 11.6. The number of benzene rings is 1. The lowest BCUT2D eigenvalue weighted by atomic mass is 10.1. The highest BCUT2D eigenvalue weighted by Gasteiger charge is 1.99. The van der Waals surface area contributed by atoms with Crippen LogP contribution in [0.5, 0.6) is 0 Å². The molecule has 2 heteroatoms. The first-order valence-corrected chi connectivity index (χ1v) is 5.04. The van der Waals surface area contributed by atoms with Crippen molar-refractivity contribution in [3.05, 3.63) is 34.7 Å². The molecule has 0 bridgehead atoms. The van der Waals surface area contributed by atoms with Gasteiger partial charge in [-0.05, 0) is 30.0 Å². The molecule has 0 radical (unpaired) electrons. The van der Waals surface area contributed by atoms with Crippen molar-refractivity contribution < 1.29 is 4.79 Å². The number of thiophene rings is 1. The van der Waals surface area contributed by atoms with Crippen LogP contribution in [0.15, 0.2) is 24.3 Å². The molecule has 0 spiro atoms. The summed E-state index contributed by atoms with van der Waals surface area (Å²) in [6, 6.07) is 8.37. The fourth-order valence-electron chi connectivity index (χ4n) is 1.43. The van der Waals surface area contributed by atoms with Crippen molar-refractivity contribution in [1.82, 2.24) is 0 Å². The largest absolute Gasteiger partial charge is 0.303 e. The predicted octanol–water partition coefficient (Wildman–Crippen LogP) is 2.95. The van der Waals surface area contributed by atoms with Crippen molar-refractivity contribution in [2.45, 2.75) is 13.3 Å². The summed E-state index contributed by atoms with van der Waals surface area (Å²) in [6.45, 7) is 2.10.